The fourth-order valence-corrected chi connectivity index (χ4v) is 1.65. The first kappa shape index (κ1) is 14.3. The van der Waals surface area contributed by atoms with Crippen LogP contribution < -0.4 is 10.6 Å². The van der Waals surface area contributed by atoms with E-state index < -0.39 is 5.91 Å². The van der Waals surface area contributed by atoms with Crippen LogP contribution in [0.3, 0.4) is 0 Å². The largest absolute Gasteiger partial charge is 0.408 e. The Morgan fingerprint density at radius 1 is 1.40 bits per heavy atom. The Bertz CT molecular complexity index is 614. The van der Waals surface area contributed by atoms with Gasteiger partial charge in [0.2, 0.25) is 5.89 Å². The molecule has 2 N–H and O–H groups in total. The number of amides is 1. The maximum absolute atomic E-state index is 12.1. The van der Waals surface area contributed by atoms with Gasteiger partial charge < -0.3 is 9.73 Å². The molecule has 0 aromatic carbocycles. The van der Waals surface area contributed by atoms with E-state index in [-0.39, 0.29) is 16.7 Å². The number of hydrogen-bond acceptors (Lipinski definition) is 6. The van der Waals surface area contributed by atoms with Crippen molar-refractivity contribution in [3.63, 3.8) is 0 Å². The van der Waals surface area contributed by atoms with Crippen LogP contribution in [0.2, 0.25) is 5.02 Å². The third kappa shape index (κ3) is 3.45. The van der Waals surface area contributed by atoms with Crippen LogP contribution in [-0.4, -0.2) is 27.6 Å². The third-order valence-electron chi connectivity index (χ3n) is 2.36. The molecular formula is C12H14ClN5O2. The van der Waals surface area contributed by atoms with Gasteiger partial charge in [-0.05, 0) is 18.6 Å². The number of aromatic nitrogens is 3. The fraction of sp³-hybridized carbons (Fsp3) is 0.333. The predicted octanol–water partition coefficient (Wildman–Crippen LogP) is 2.50. The number of pyridine rings is 1. The minimum Gasteiger partial charge on any atom is -0.408 e. The van der Waals surface area contributed by atoms with E-state index in [0.29, 0.717) is 11.7 Å². The molecule has 0 bridgehead atoms. The molecule has 2 rings (SSSR count). The first-order valence-electron chi connectivity index (χ1n) is 6.12. The van der Waals surface area contributed by atoms with Crippen LogP contribution in [0.1, 0.15) is 29.7 Å². The number of aryl methyl sites for hydroxylation is 1. The van der Waals surface area contributed by atoms with Crippen LogP contribution in [0.5, 0.6) is 0 Å². The van der Waals surface area contributed by atoms with Crippen molar-refractivity contribution in [3.8, 4) is 0 Å². The molecule has 0 atom stereocenters. The highest BCUT2D eigenvalue weighted by Gasteiger charge is 2.16. The number of halogens is 1. The van der Waals surface area contributed by atoms with E-state index in [9.17, 15) is 4.79 Å². The molecule has 0 unspecified atom stereocenters. The predicted molar refractivity (Wildman–Crippen MR) is 75.0 cm³/mol. The van der Waals surface area contributed by atoms with Gasteiger partial charge in [-0.3, -0.25) is 10.1 Å². The van der Waals surface area contributed by atoms with E-state index in [1.165, 1.54) is 0 Å². The summed E-state index contributed by atoms with van der Waals surface area (Å²) < 4.78 is 5.07. The Kier molecular flexibility index (Phi) is 4.52. The van der Waals surface area contributed by atoms with Crippen molar-refractivity contribution in [2.24, 2.45) is 0 Å². The van der Waals surface area contributed by atoms with Gasteiger partial charge in [-0.1, -0.05) is 23.6 Å². The van der Waals surface area contributed by atoms with Crippen LogP contribution in [0.25, 0.3) is 0 Å². The minimum absolute atomic E-state index is 0.0114. The summed E-state index contributed by atoms with van der Waals surface area (Å²) >= 11 is 5.98. The van der Waals surface area contributed by atoms with Crippen molar-refractivity contribution < 1.29 is 9.21 Å². The second kappa shape index (κ2) is 6.33. The lowest BCUT2D eigenvalue weighted by atomic mass is 10.3. The number of anilines is 2. The van der Waals surface area contributed by atoms with Crippen molar-refractivity contribution >= 4 is 29.3 Å². The number of rotatable bonds is 5. The Hall–Kier alpha value is -2.15. The Balaban J connectivity index is 2.15. The van der Waals surface area contributed by atoms with Gasteiger partial charge in [0.05, 0.1) is 5.02 Å². The van der Waals surface area contributed by atoms with Gasteiger partial charge in [-0.2, -0.15) is 0 Å². The highest BCUT2D eigenvalue weighted by atomic mass is 35.5. The highest BCUT2D eigenvalue weighted by molar-refractivity contribution is 6.34. The molecule has 7 nitrogen and oxygen atoms in total. The van der Waals surface area contributed by atoms with Crippen molar-refractivity contribution in [2.75, 3.05) is 17.2 Å². The SMILES string of the molecule is CCCNc1ccc(Cl)c(C(=O)Nc2nnc(C)o2)n1. The van der Waals surface area contributed by atoms with Crippen molar-refractivity contribution in [1.82, 2.24) is 15.2 Å². The van der Waals surface area contributed by atoms with Crippen LogP contribution >= 0.6 is 11.6 Å². The standard InChI is InChI=1S/C12H14ClN5O2/c1-3-6-14-9-5-4-8(13)10(15-9)11(19)16-12-18-17-7(2)20-12/h4-5H,3,6H2,1-2H3,(H,14,15)(H,16,18,19). The summed E-state index contributed by atoms with van der Waals surface area (Å²) in [5.74, 6) is 0.444. The minimum atomic E-state index is -0.501. The van der Waals surface area contributed by atoms with Crippen molar-refractivity contribution in [1.29, 1.82) is 0 Å². The van der Waals surface area contributed by atoms with E-state index in [1.54, 1.807) is 19.1 Å². The number of carbonyl (C=O) groups is 1. The molecule has 0 radical (unpaired) electrons. The second-order valence-corrected chi connectivity index (χ2v) is 4.44. The third-order valence-corrected chi connectivity index (χ3v) is 2.67. The Labute approximate surface area is 120 Å². The Morgan fingerprint density at radius 2 is 2.20 bits per heavy atom. The molecule has 1 amide bonds. The zero-order valence-corrected chi connectivity index (χ0v) is 11.9. The van der Waals surface area contributed by atoms with Gasteiger partial charge in [0, 0.05) is 13.5 Å². The van der Waals surface area contributed by atoms with E-state index in [4.69, 9.17) is 16.0 Å². The second-order valence-electron chi connectivity index (χ2n) is 4.03. The quantitative estimate of drug-likeness (QED) is 0.880. The van der Waals surface area contributed by atoms with Gasteiger partial charge >= 0.3 is 6.01 Å². The van der Waals surface area contributed by atoms with Crippen molar-refractivity contribution in [3.05, 3.63) is 28.7 Å². The van der Waals surface area contributed by atoms with Gasteiger partial charge in [0.15, 0.2) is 0 Å². The van der Waals surface area contributed by atoms with E-state index in [0.717, 1.165) is 13.0 Å². The van der Waals surface area contributed by atoms with Crippen LogP contribution in [0, 0.1) is 6.92 Å². The molecule has 2 heterocycles. The highest BCUT2D eigenvalue weighted by Crippen LogP contribution is 2.18. The summed E-state index contributed by atoms with van der Waals surface area (Å²) in [7, 11) is 0. The molecule has 0 aliphatic heterocycles. The average Bonchev–Trinajstić information content (AvgIpc) is 2.83. The smallest absolute Gasteiger partial charge is 0.322 e. The molecule has 20 heavy (non-hydrogen) atoms. The number of hydrogen-bond donors (Lipinski definition) is 2. The summed E-state index contributed by atoms with van der Waals surface area (Å²) in [4.78, 5) is 16.2. The molecule has 0 fully saturated rings. The van der Waals surface area contributed by atoms with E-state index >= 15 is 0 Å². The molecule has 0 saturated heterocycles. The average molecular weight is 296 g/mol. The van der Waals surface area contributed by atoms with Crippen LogP contribution in [0.15, 0.2) is 16.5 Å². The molecule has 0 saturated carbocycles. The van der Waals surface area contributed by atoms with Crippen molar-refractivity contribution in [2.45, 2.75) is 20.3 Å². The molecule has 0 aliphatic carbocycles. The lowest BCUT2D eigenvalue weighted by molar-refractivity contribution is 0.101. The van der Waals surface area contributed by atoms with Gasteiger partial charge in [0.1, 0.15) is 11.5 Å². The number of nitrogens with zero attached hydrogens (tertiary/aromatic N) is 3. The number of carbonyl (C=O) groups excluding carboxylic acids is 1. The summed E-state index contributed by atoms with van der Waals surface area (Å²) in [6.07, 6.45) is 0.951. The molecule has 8 heteroatoms. The molecule has 0 aliphatic rings. The molecule has 0 spiro atoms. The molecule has 106 valence electrons. The zero-order valence-electron chi connectivity index (χ0n) is 11.1. The normalized spacial score (nSPS) is 10.3. The Morgan fingerprint density at radius 3 is 2.85 bits per heavy atom. The summed E-state index contributed by atoms with van der Waals surface area (Å²) in [5, 5.41) is 13.1. The maximum atomic E-state index is 12.1. The lowest BCUT2D eigenvalue weighted by Crippen LogP contribution is -2.15. The van der Waals surface area contributed by atoms with Crippen LogP contribution in [0.4, 0.5) is 11.8 Å². The monoisotopic (exact) mass is 295 g/mol. The summed E-state index contributed by atoms with van der Waals surface area (Å²) in [6, 6.07) is 3.34. The van der Waals surface area contributed by atoms with Gasteiger partial charge in [0.25, 0.3) is 5.91 Å². The molecular weight excluding hydrogens is 282 g/mol. The summed E-state index contributed by atoms with van der Waals surface area (Å²) in [5.41, 5.74) is 0.101. The maximum Gasteiger partial charge on any atom is 0.322 e. The first-order chi connectivity index (χ1) is 9.60. The fourth-order valence-electron chi connectivity index (χ4n) is 1.46. The first-order valence-corrected chi connectivity index (χ1v) is 6.50. The van der Waals surface area contributed by atoms with E-state index in [1.807, 2.05) is 6.92 Å². The van der Waals surface area contributed by atoms with Gasteiger partial charge in [-0.15, -0.1) is 5.10 Å². The molecule has 2 aromatic heterocycles. The zero-order chi connectivity index (χ0) is 14.5. The summed E-state index contributed by atoms with van der Waals surface area (Å²) in [6.45, 7) is 4.43. The lowest BCUT2D eigenvalue weighted by Gasteiger charge is -2.07. The molecule has 2 aromatic rings. The van der Waals surface area contributed by atoms with E-state index in [2.05, 4.69) is 25.8 Å². The van der Waals surface area contributed by atoms with Gasteiger partial charge in [-0.25, -0.2) is 4.98 Å². The number of nitrogens with one attached hydrogen (secondary N) is 2. The topological polar surface area (TPSA) is 92.9 Å². The van der Waals surface area contributed by atoms with Crippen LogP contribution in [-0.2, 0) is 0 Å².